The van der Waals surface area contributed by atoms with Crippen molar-refractivity contribution in [2.24, 2.45) is 5.73 Å². The molecule has 0 aliphatic carbocycles. The van der Waals surface area contributed by atoms with Gasteiger partial charge in [0.05, 0.1) is 11.4 Å². The Labute approximate surface area is 166 Å². The number of hydrazine groups is 1. The molecule has 0 saturated heterocycles. The molecule has 150 valence electrons. The Kier molecular flexibility index (Phi) is 6.19. The van der Waals surface area contributed by atoms with Crippen LogP contribution in [0.5, 0.6) is 0 Å². The van der Waals surface area contributed by atoms with Crippen LogP contribution in [0.25, 0.3) is 0 Å². The van der Waals surface area contributed by atoms with Crippen molar-refractivity contribution in [2.45, 2.75) is 52.2 Å². The fourth-order valence-corrected chi connectivity index (χ4v) is 4.11. The number of nitrogens with two attached hydrogens (primary N) is 1. The van der Waals surface area contributed by atoms with Crippen molar-refractivity contribution in [1.82, 2.24) is 5.01 Å². The quantitative estimate of drug-likeness (QED) is 0.771. The van der Waals surface area contributed by atoms with E-state index in [9.17, 15) is 9.18 Å². The van der Waals surface area contributed by atoms with Crippen molar-refractivity contribution in [2.75, 3.05) is 16.5 Å². The normalized spacial score (nSPS) is 16.8. The predicted octanol–water partition coefficient (Wildman–Crippen LogP) is 4.53. The standard InChI is InChI=1S/C22H29FN4O/c1-4-25(19-14-12-18(23)13-15-19)27(16(2)3)21-11-7-9-17-8-5-6-10-20(17)26(21)22(24)28/h5-6,8,10,12-16,21H,4,7,9,11H2,1-3H3,(H2,24,28). The Morgan fingerprint density at radius 3 is 2.50 bits per heavy atom. The monoisotopic (exact) mass is 384 g/mol. The predicted molar refractivity (Wildman–Crippen MR) is 112 cm³/mol. The van der Waals surface area contributed by atoms with E-state index in [1.54, 1.807) is 17.0 Å². The molecule has 1 aliphatic heterocycles. The molecule has 3 rings (SSSR count). The molecule has 2 N–H and O–H groups in total. The maximum atomic E-state index is 13.5. The molecule has 1 atom stereocenters. The number of aryl methyl sites for hydroxylation is 1. The summed E-state index contributed by atoms with van der Waals surface area (Å²) in [6.45, 7) is 6.94. The molecule has 0 fully saturated rings. The van der Waals surface area contributed by atoms with E-state index in [0.29, 0.717) is 6.54 Å². The molecule has 0 aromatic heterocycles. The Morgan fingerprint density at radius 2 is 1.89 bits per heavy atom. The van der Waals surface area contributed by atoms with Gasteiger partial charge in [0.1, 0.15) is 12.0 Å². The van der Waals surface area contributed by atoms with Gasteiger partial charge in [-0.05, 0) is 75.9 Å². The zero-order valence-electron chi connectivity index (χ0n) is 16.8. The summed E-state index contributed by atoms with van der Waals surface area (Å²) in [4.78, 5) is 14.3. The van der Waals surface area contributed by atoms with Crippen LogP contribution in [0.2, 0.25) is 0 Å². The van der Waals surface area contributed by atoms with Crippen LogP contribution in [0, 0.1) is 5.82 Å². The highest BCUT2D eigenvalue weighted by Gasteiger charge is 2.36. The van der Waals surface area contributed by atoms with Crippen molar-refractivity contribution >= 4 is 17.4 Å². The van der Waals surface area contributed by atoms with E-state index in [2.05, 4.69) is 36.9 Å². The first-order chi connectivity index (χ1) is 13.4. The number of primary amides is 1. The van der Waals surface area contributed by atoms with Crippen LogP contribution in [-0.2, 0) is 6.42 Å². The Hall–Kier alpha value is -2.60. The molecule has 28 heavy (non-hydrogen) atoms. The number of anilines is 2. The van der Waals surface area contributed by atoms with Crippen molar-refractivity contribution < 1.29 is 9.18 Å². The molecule has 2 amide bonds. The lowest BCUT2D eigenvalue weighted by molar-refractivity contribution is 0.127. The molecule has 1 heterocycles. The van der Waals surface area contributed by atoms with Crippen LogP contribution in [0.15, 0.2) is 48.5 Å². The van der Waals surface area contributed by atoms with Crippen LogP contribution >= 0.6 is 0 Å². The van der Waals surface area contributed by atoms with E-state index in [1.807, 2.05) is 18.2 Å². The Morgan fingerprint density at radius 1 is 1.21 bits per heavy atom. The summed E-state index contributed by atoms with van der Waals surface area (Å²) in [5.74, 6) is -0.266. The highest BCUT2D eigenvalue weighted by molar-refractivity contribution is 5.92. The smallest absolute Gasteiger partial charge is 0.320 e. The molecular formula is C22H29FN4O. The molecule has 0 bridgehead atoms. The van der Waals surface area contributed by atoms with Gasteiger partial charge in [-0.3, -0.25) is 4.90 Å². The van der Waals surface area contributed by atoms with Crippen LogP contribution in [0.3, 0.4) is 0 Å². The third-order valence-electron chi connectivity index (χ3n) is 5.23. The average Bonchev–Trinajstić information content (AvgIpc) is 2.85. The number of hydrogen-bond acceptors (Lipinski definition) is 3. The number of rotatable bonds is 5. The van der Waals surface area contributed by atoms with Gasteiger partial charge >= 0.3 is 6.03 Å². The van der Waals surface area contributed by atoms with E-state index in [-0.39, 0.29) is 18.0 Å². The molecule has 0 radical (unpaired) electrons. The second-order valence-electron chi connectivity index (χ2n) is 7.38. The topological polar surface area (TPSA) is 52.8 Å². The van der Waals surface area contributed by atoms with E-state index < -0.39 is 6.03 Å². The van der Waals surface area contributed by atoms with Gasteiger partial charge < -0.3 is 10.7 Å². The average molecular weight is 384 g/mol. The number of benzene rings is 2. The highest BCUT2D eigenvalue weighted by Crippen LogP contribution is 2.33. The third kappa shape index (κ3) is 3.97. The molecule has 0 saturated carbocycles. The number of carbonyl (C=O) groups excluding carboxylic acids is 1. The molecule has 2 aromatic carbocycles. The summed E-state index contributed by atoms with van der Waals surface area (Å²) in [5, 5.41) is 4.30. The number of halogens is 1. The molecule has 6 heteroatoms. The summed E-state index contributed by atoms with van der Waals surface area (Å²) in [7, 11) is 0. The van der Waals surface area contributed by atoms with E-state index in [4.69, 9.17) is 5.73 Å². The SMILES string of the molecule is CCN(c1ccc(F)cc1)N(C(C)C)C1CCCc2ccccc2N1C(N)=O. The number of hydrogen-bond donors (Lipinski definition) is 1. The lowest BCUT2D eigenvalue weighted by Gasteiger charge is -2.47. The van der Waals surface area contributed by atoms with Gasteiger partial charge in [0.15, 0.2) is 0 Å². The van der Waals surface area contributed by atoms with Crippen molar-refractivity contribution in [3.8, 4) is 0 Å². The molecule has 1 unspecified atom stereocenters. The zero-order chi connectivity index (χ0) is 20.3. The number of nitrogens with zero attached hydrogens (tertiary/aromatic N) is 3. The van der Waals surface area contributed by atoms with Gasteiger partial charge in [-0.15, -0.1) is 0 Å². The van der Waals surface area contributed by atoms with Crippen LogP contribution < -0.4 is 15.6 Å². The van der Waals surface area contributed by atoms with Crippen LogP contribution in [0.1, 0.15) is 39.2 Å². The Bertz CT molecular complexity index is 808. The fourth-order valence-electron chi connectivity index (χ4n) is 4.11. The zero-order valence-corrected chi connectivity index (χ0v) is 16.8. The number of para-hydroxylation sites is 1. The van der Waals surface area contributed by atoms with Crippen molar-refractivity contribution in [3.63, 3.8) is 0 Å². The molecule has 1 aliphatic rings. The minimum atomic E-state index is -0.458. The van der Waals surface area contributed by atoms with E-state index in [1.165, 1.54) is 12.1 Å². The highest BCUT2D eigenvalue weighted by atomic mass is 19.1. The van der Waals surface area contributed by atoms with Crippen LogP contribution in [-0.4, -0.2) is 29.8 Å². The number of urea groups is 1. The summed E-state index contributed by atoms with van der Waals surface area (Å²) >= 11 is 0. The maximum absolute atomic E-state index is 13.5. The van der Waals surface area contributed by atoms with Gasteiger partial charge in [-0.25, -0.2) is 9.18 Å². The Balaban J connectivity index is 2.06. The fraction of sp³-hybridized carbons (Fsp3) is 0.409. The first kappa shape index (κ1) is 20.1. The molecular weight excluding hydrogens is 355 g/mol. The van der Waals surface area contributed by atoms with Crippen molar-refractivity contribution in [1.29, 1.82) is 0 Å². The van der Waals surface area contributed by atoms with Gasteiger partial charge in [0.2, 0.25) is 0 Å². The van der Waals surface area contributed by atoms with Gasteiger partial charge in [-0.1, -0.05) is 18.2 Å². The lowest BCUT2D eigenvalue weighted by atomic mass is 10.1. The van der Waals surface area contributed by atoms with E-state index >= 15 is 0 Å². The van der Waals surface area contributed by atoms with Crippen molar-refractivity contribution in [3.05, 3.63) is 59.9 Å². The summed E-state index contributed by atoms with van der Waals surface area (Å²) in [5.41, 5.74) is 8.77. The van der Waals surface area contributed by atoms with Gasteiger partial charge in [0.25, 0.3) is 0 Å². The molecule has 2 aromatic rings. The lowest BCUT2D eigenvalue weighted by Crippen LogP contribution is -2.61. The molecule has 0 spiro atoms. The second-order valence-corrected chi connectivity index (χ2v) is 7.38. The number of amides is 2. The first-order valence-corrected chi connectivity index (χ1v) is 9.92. The maximum Gasteiger partial charge on any atom is 0.320 e. The summed E-state index contributed by atoms with van der Waals surface area (Å²) in [6.07, 6.45) is 2.44. The first-order valence-electron chi connectivity index (χ1n) is 9.92. The molecule has 5 nitrogen and oxygen atoms in total. The minimum absolute atomic E-state index is 0.113. The number of fused-ring (bicyclic) bond motifs is 1. The summed E-state index contributed by atoms with van der Waals surface area (Å²) < 4.78 is 13.5. The summed E-state index contributed by atoms with van der Waals surface area (Å²) in [6, 6.07) is 14.1. The van der Waals surface area contributed by atoms with E-state index in [0.717, 1.165) is 36.2 Å². The van der Waals surface area contributed by atoms with Crippen LogP contribution in [0.4, 0.5) is 20.6 Å². The second kappa shape index (κ2) is 8.61. The minimum Gasteiger partial charge on any atom is -0.351 e. The third-order valence-corrected chi connectivity index (χ3v) is 5.23. The van der Waals surface area contributed by atoms with Gasteiger partial charge in [-0.2, -0.15) is 5.01 Å². The largest absolute Gasteiger partial charge is 0.351 e. The van der Waals surface area contributed by atoms with Gasteiger partial charge in [0, 0.05) is 12.6 Å². The number of carbonyl (C=O) groups is 1.